The van der Waals surface area contributed by atoms with Gasteiger partial charge in [0.05, 0.1) is 29.0 Å². The summed E-state index contributed by atoms with van der Waals surface area (Å²) in [4.78, 5) is 31.5. The molecule has 9 heteroatoms. The molecule has 1 N–H and O–H groups in total. The summed E-state index contributed by atoms with van der Waals surface area (Å²) < 4.78 is 26.9. The molecule has 9 nitrogen and oxygen atoms in total. The highest BCUT2D eigenvalue weighted by atomic mass is 16.6. The second-order valence-electron chi connectivity index (χ2n) is 21.4. The van der Waals surface area contributed by atoms with Crippen LogP contribution in [0.1, 0.15) is 175 Å². The van der Waals surface area contributed by atoms with Gasteiger partial charge in [-0.1, -0.05) is 111 Å². The molecule has 3 aliphatic heterocycles. The summed E-state index contributed by atoms with van der Waals surface area (Å²) in [6.07, 6.45) is 14.6. The first kappa shape index (κ1) is 49.3. The van der Waals surface area contributed by atoms with Crippen molar-refractivity contribution in [1.29, 1.82) is 0 Å². The number of esters is 1. The second kappa shape index (κ2) is 20.4. The number of aromatic nitrogens is 2. The first-order chi connectivity index (χ1) is 32.5. The smallest absolute Gasteiger partial charge is 0.343 e. The summed E-state index contributed by atoms with van der Waals surface area (Å²) in [5, 5.41) is 12.3. The van der Waals surface area contributed by atoms with Crippen molar-refractivity contribution in [3.63, 3.8) is 0 Å². The van der Waals surface area contributed by atoms with Crippen LogP contribution in [0, 0.1) is 38.5 Å². The molecule has 364 valence electrons. The number of pyridine rings is 2. The van der Waals surface area contributed by atoms with Crippen LogP contribution in [0.15, 0.2) is 53.3 Å². The first-order valence-electron chi connectivity index (χ1n) is 25.8. The Labute approximate surface area is 405 Å². The van der Waals surface area contributed by atoms with Crippen molar-refractivity contribution < 1.29 is 28.8 Å². The Kier molecular flexibility index (Phi) is 14.8. The molecule has 8 rings (SSSR count). The molecule has 3 aromatic carbocycles. The van der Waals surface area contributed by atoms with Crippen LogP contribution in [0.2, 0.25) is 0 Å². The fourth-order valence-electron chi connectivity index (χ4n) is 11.2. The minimum Gasteiger partial charge on any atom is -0.489 e. The standard InChI is InChI=1S/C59H76N2O7/c1-11-45-47-30-44(25-26-51(47)60-53-48(45)32-61-52(53)31-50-49(56(61)62)35-67-57(63)59(50,64)12-2)65-33-42-21-23-43(24-22-42)34-66-54-39(7)40(8)55-46(41(54)9)27-29-58(10,68-55)28-15-20-38(6)19-14-18-37(5)17-13-16-36(3)4/h21-26,30-31,36-38,64H,11-20,27-29,32-35H2,1-10H3/t37-,38-,58-,59+/m1/s1. The predicted octanol–water partition coefficient (Wildman–Crippen LogP) is 13.2. The average Bonchev–Trinajstić information content (AvgIpc) is 3.69. The summed E-state index contributed by atoms with van der Waals surface area (Å²) in [6.45, 7) is 23.3. The zero-order valence-corrected chi connectivity index (χ0v) is 42.7. The molecule has 0 saturated heterocycles. The number of cyclic esters (lactones) is 1. The van der Waals surface area contributed by atoms with E-state index in [0.29, 0.717) is 42.3 Å². The number of nitrogens with zero attached hydrogens (tertiary/aromatic N) is 2. The molecule has 0 radical (unpaired) electrons. The number of hydrogen-bond donors (Lipinski definition) is 1. The van der Waals surface area contributed by atoms with Gasteiger partial charge in [-0.2, -0.15) is 0 Å². The number of carbonyl (C=O) groups is 1. The lowest BCUT2D eigenvalue weighted by atomic mass is 9.83. The molecule has 0 fully saturated rings. The largest absolute Gasteiger partial charge is 0.489 e. The highest BCUT2D eigenvalue weighted by Gasteiger charge is 2.45. The zero-order chi connectivity index (χ0) is 48.5. The number of carbonyl (C=O) groups excluding carboxylic acids is 1. The third-order valence-electron chi connectivity index (χ3n) is 15.8. The molecule has 4 atom stereocenters. The van der Waals surface area contributed by atoms with Crippen LogP contribution < -0.4 is 19.8 Å². The summed E-state index contributed by atoms with van der Waals surface area (Å²) in [5.74, 6) is 4.49. The van der Waals surface area contributed by atoms with E-state index in [0.717, 1.165) is 99.4 Å². The Morgan fingerprint density at radius 2 is 1.46 bits per heavy atom. The van der Waals surface area contributed by atoms with E-state index in [1.165, 1.54) is 68.1 Å². The molecule has 0 amide bonds. The lowest BCUT2D eigenvalue weighted by Crippen LogP contribution is -2.44. The van der Waals surface area contributed by atoms with Crippen LogP contribution in [0.4, 0.5) is 0 Å². The van der Waals surface area contributed by atoms with Gasteiger partial charge in [0, 0.05) is 22.1 Å². The molecule has 5 aromatic rings. The Morgan fingerprint density at radius 1 is 0.794 bits per heavy atom. The van der Waals surface area contributed by atoms with Crippen LogP contribution in [-0.4, -0.2) is 26.2 Å². The minimum absolute atomic E-state index is 0.102. The van der Waals surface area contributed by atoms with Crippen LogP contribution in [0.5, 0.6) is 17.2 Å². The van der Waals surface area contributed by atoms with E-state index in [4.69, 9.17) is 23.9 Å². The number of aliphatic hydroxyl groups is 1. The molecule has 0 saturated carbocycles. The van der Waals surface area contributed by atoms with Gasteiger partial charge in [-0.25, -0.2) is 9.78 Å². The van der Waals surface area contributed by atoms with E-state index < -0.39 is 11.6 Å². The van der Waals surface area contributed by atoms with Gasteiger partial charge in [0.15, 0.2) is 5.60 Å². The molecule has 0 aliphatic carbocycles. The maximum absolute atomic E-state index is 13.8. The molecule has 0 unspecified atom stereocenters. The first-order valence-corrected chi connectivity index (χ1v) is 25.8. The van der Waals surface area contributed by atoms with Crippen LogP contribution in [0.3, 0.4) is 0 Å². The highest BCUT2D eigenvalue weighted by Crippen LogP contribution is 2.46. The molecule has 5 heterocycles. The van der Waals surface area contributed by atoms with Crippen molar-refractivity contribution in [1.82, 2.24) is 9.55 Å². The fraction of sp³-hybridized carbons (Fsp3) is 0.542. The zero-order valence-electron chi connectivity index (χ0n) is 42.7. The third-order valence-corrected chi connectivity index (χ3v) is 15.8. The molecule has 0 bridgehead atoms. The van der Waals surface area contributed by atoms with E-state index in [2.05, 4.69) is 86.6 Å². The van der Waals surface area contributed by atoms with E-state index in [1.54, 1.807) is 17.6 Å². The Morgan fingerprint density at radius 3 is 2.12 bits per heavy atom. The monoisotopic (exact) mass is 925 g/mol. The lowest BCUT2D eigenvalue weighted by molar-refractivity contribution is -0.172. The fourth-order valence-corrected chi connectivity index (χ4v) is 11.2. The number of fused-ring (bicyclic) bond motifs is 6. The SMILES string of the molecule is CCc1c2c(nc3ccc(OCc4ccc(COc5c(C)c(C)c6c(c5C)CC[C@@](C)(CCC[C@H](C)CCC[C@H](C)CCCC(C)C)O6)cc4)cc13)-c1cc3c(c(=O)n1C2)COC(=O)[C@]3(O)CC. The average molecular weight is 925 g/mol. The summed E-state index contributed by atoms with van der Waals surface area (Å²) in [6, 6.07) is 16.1. The van der Waals surface area contributed by atoms with Crippen molar-refractivity contribution in [3.05, 3.63) is 115 Å². The van der Waals surface area contributed by atoms with Crippen molar-refractivity contribution in [3.8, 4) is 28.6 Å². The third kappa shape index (κ3) is 9.97. The maximum Gasteiger partial charge on any atom is 0.343 e. The second-order valence-corrected chi connectivity index (χ2v) is 21.4. The molecule has 0 spiro atoms. The van der Waals surface area contributed by atoms with E-state index >= 15 is 0 Å². The van der Waals surface area contributed by atoms with E-state index in [-0.39, 0.29) is 24.2 Å². The topological polar surface area (TPSA) is 109 Å². The van der Waals surface area contributed by atoms with Crippen molar-refractivity contribution in [2.45, 2.75) is 190 Å². The Bertz CT molecular complexity index is 2720. The van der Waals surface area contributed by atoms with Gasteiger partial charge in [0.2, 0.25) is 0 Å². The summed E-state index contributed by atoms with van der Waals surface area (Å²) >= 11 is 0. The van der Waals surface area contributed by atoms with Gasteiger partial charge in [0.25, 0.3) is 5.56 Å². The van der Waals surface area contributed by atoms with Crippen molar-refractivity contribution in [2.24, 2.45) is 17.8 Å². The summed E-state index contributed by atoms with van der Waals surface area (Å²) in [7, 11) is 0. The number of aryl methyl sites for hydroxylation is 1. The maximum atomic E-state index is 13.8. The Hall–Kier alpha value is -5.15. The molecule has 2 aromatic heterocycles. The van der Waals surface area contributed by atoms with Crippen LogP contribution >= 0.6 is 0 Å². The summed E-state index contributed by atoms with van der Waals surface area (Å²) in [5.41, 5.74) is 9.53. The number of rotatable bonds is 20. The van der Waals surface area contributed by atoms with Crippen molar-refractivity contribution >= 4 is 16.9 Å². The number of ether oxygens (including phenoxy) is 4. The van der Waals surface area contributed by atoms with Crippen molar-refractivity contribution in [2.75, 3.05) is 0 Å². The van der Waals surface area contributed by atoms with Crippen LogP contribution in [0.25, 0.3) is 22.3 Å². The van der Waals surface area contributed by atoms with Gasteiger partial charge in [-0.15, -0.1) is 0 Å². The number of hydrogen-bond acceptors (Lipinski definition) is 8. The molecular formula is C59H76N2O7. The van der Waals surface area contributed by atoms with Gasteiger partial charge in [-0.05, 0) is 142 Å². The van der Waals surface area contributed by atoms with Gasteiger partial charge in [0.1, 0.15) is 42.7 Å². The van der Waals surface area contributed by atoms with E-state index in [1.807, 2.05) is 18.2 Å². The Balaban J connectivity index is 0.857. The quantitative estimate of drug-likeness (QED) is 0.0754. The predicted molar refractivity (Wildman–Crippen MR) is 272 cm³/mol. The van der Waals surface area contributed by atoms with Gasteiger partial charge < -0.3 is 28.6 Å². The lowest BCUT2D eigenvalue weighted by Gasteiger charge is -2.38. The molecule has 68 heavy (non-hydrogen) atoms. The van der Waals surface area contributed by atoms with E-state index in [9.17, 15) is 14.7 Å². The molecule has 3 aliphatic rings. The number of benzene rings is 3. The molecular weight excluding hydrogens is 849 g/mol. The normalized spacial score (nSPS) is 19.2. The van der Waals surface area contributed by atoms with Crippen LogP contribution in [-0.2, 0) is 54.3 Å². The highest BCUT2D eigenvalue weighted by molar-refractivity contribution is 5.90. The van der Waals surface area contributed by atoms with Gasteiger partial charge >= 0.3 is 5.97 Å². The minimum atomic E-state index is -1.86. The van der Waals surface area contributed by atoms with Gasteiger partial charge in [-0.3, -0.25) is 4.79 Å².